The Morgan fingerprint density at radius 2 is 2.42 bits per heavy atom. The van der Waals surface area contributed by atoms with E-state index in [0.29, 0.717) is 0 Å². The summed E-state index contributed by atoms with van der Waals surface area (Å²) in [7, 11) is 0. The Morgan fingerprint density at radius 1 is 1.75 bits per heavy atom. The van der Waals surface area contributed by atoms with Crippen molar-refractivity contribution in [2.75, 3.05) is 0 Å². The molecule has 1 rings (SSSR count). The van der Waals surface area contributed by atoms with Crippen molar-refractivity contribution in [3.63, 3.8) is 0 Å². The van der Waals surface area contributed by atoms with E-state index >= 15 is 0 Å². The third-order valence-electron chi connectivity index (χ3n) is 1.47. The summed E-state index contributed by atoms with van der Waals surface area (Å²) in [5.41, 5.74) is 0.750. The molecular weight excluding hydrogens is 180 g/mol. The third kappa shape index (κ3) is 2.54. The van der Waals surface area contributed by atoms with Crippen molar-refractivity contribution in [1.29, 1.82) is 0 Å². The standard InChI is InChI=1S/C7H10N2O2.ClH/c1-2-9-5-8-4-6(9)3-7(10)11;/h4-5H,2-3H2,1H3,(H,10,11);1H. The molecule has 1 heterocycles. The molecule has 0 aromatic carbocycles. The Hall–Kier alpha value is -1.03. The largest absolute Gasteiger partial charge is 0.481 e. The molecular formula is C7H11ClN2O2. The van der Waals surface area contributed by atoms with Crippen LogP contribution in [-0.4, -0.2) is 20.6 Å². The van der Waals surface area contributed by atoms with Gasteiger partial charge in [-0.3, -0.25) is 4.79 Å². The van der Waals surface area contributed by atoms with Gasteiger partial charge in [-0.25, -0.2) is 4.98 Å². The Labute approximate surface area is 76.6 Å². The second kappa shape index (κ2) is 4.77. The van der Waals surface area contributed by atoms with Crippen LogP contribution < -0.4 is 0 Å². The summed E-state index contributed by atoms with van der Waals surface area (Å²) >= 11 is 0. The number of carboxylic acids is 1. The maximum absolute atomic E-state index is 10.3. The summed E-state index contributed by atoms with van der Waals surface area (Å²) in [5.74, 6) is -0.819. The van der Waals surface area contributed by atoms with Gasteiger partial charge in [0.2, 0.25) is 0 Å². The molecule has 0 fully saturated rings. The van der Waals surface area contributed by atoms with E-state index in [0.717, 1.165) is 12.2 Å². The van der Waals surface area contributed by atoms with Crippen molar-refractivity contribution >= 4 is 18.4 Å². The number of hydrogen-bond donors (Lipinski definition) is 1. The van der Waals surface area contributed by atoms with Gasteiger partial charge in [-0.1, -0.05) is 0 Å². The van der Waals surface area contributed by atoms with Crippen LogP contribution in [0.4, 0.5) is 0 Å². The number of aromatic nitrogens is 2. The molecule has 0 atom stereocenters. The molecule has 0 saturated carbocycles. The summed E-state index contributed by atoms with van der Waals surface area (Å²) in [6.07, 6.45) is 3.27. The summed E-state index contributed by atoms with van der Waals surface area (Å²) in [5, 5.41) is 8.46. The number of aryl methyl sites for hydroxylation is 1. The zero-order valence-corrected chi connectivity index (χ0v) is 7.54. The Bertz CT molecular complexity index is 260. The van der Waals surface area contributed by atoms with Crippen LogP contribution in [0.1, 0.15) is 12.6 Å². The minimum atomic E-state index is -0.819. The molecule has 12 heavy (non-hydrogen) atoms. The first-order chi connectivity index (χ1) is 5.24. The number of imidazole rings is 1. The summed E-state index contributed by atoms with van der Waals surface area (Å²) < 4.78 is 1.81. The van der Waals surface area contributed by atoms with Gasteiger partial charge in [-0.2, -0.15) is 0 Å². The first kappa shape index (κ1) is 11.0. The molecule has 0 aliphatic rings. The Balaban J connectivity index is 0.00000121. The predicted molar refractivity (Wildman–Crippen MR) is 46.5 cm³/mol. The monoisotopic (exact) mass is 190 g/mol. The summed E-state index contributed by atoms with van der Waals surface area (Å²) in [4.78, 5) is 14.1. The van der Waals surface area contributed by atoms with E-state index in [1.807, 2.05) is 11.5 Å². The average Bonchev–Trinajstić information content (AvgIpc) is 2.34. The number of halogens is 1. The van der Waals surface area contributed by atoms with Crippen molar-refractivity contribution in [2.45, 2.75) is 19.9 Å². The summed E-state index contributed by atoms with van der Waals surface area (Å²) in [6.45, 7) is 2.72. The van der Waals surface area contributed by atoms with Gasteiger partial charge < -0.3 is 9.67 Å². The molecule has 0 bridgehead atoms. The van der Waals surface area contributed by atoms with E-state index in [2.05, 4.69) is 4.98 Å². The zero-order chi connectivity index (χ0) is 8.27. The molecule has 0 spiro atoms. The van der Waals surface area contributed by atoms with Crippen molar-refractivity contribution < 1.29 is 9.90 Å². The van der Waals surface area contributed by atoms with Crippen LogP contribution in [0.15, 0.2) is 12.5 Å². The minimum absolute atomic E-state index is 0. The van der Waals surface area contributed by atoms with Gasteiger partial charge >= 0.3 is 5.97 Å². The van der Waals surface area contributed by atoms with Gasteiger partial charge in [0.05, 0.1) is 12.7 Å². The second-order valence-electron chi connectivity index (χ2n) is 2.24. The van der Waals surface area contributed by atoms with E-state index in [1.165, 1.54) is 0 Å². The minimum Gasteiger partial charge on any atom is -0.481 e. The summed E-state index contributed by atoms with van der Waals surface area (Å²) in [6, 6.07) is 0. The Morgan fingerprint density at radius 3 is 2.92 bits per heavy atom. The molecule has 0 aliphatic heterocycles. The molecule has 0 unspecified atom stereocenters. The first-order valence-electron chi connectivity index (χ1n) is 3.45. The predicted octanol–water partition coefficient (Wildman–Crippen LogP) is 0.952. The maximum atomic E-state index is 10.3. The number of rotatable bonds is 3. The molecule has 0 radical (unpaired) electrons. The van der Waals surface area contributed by atoms with Crippen LogP contribution in [0.2, 0.25) is 0 Å². The molecule has 0 aliphatic carbocycles. The highest BCUT2D eigenvalue weighted by Gasteiger charge is 2.04. The van der Waals surface area contributed by atoms with Gasteiger partial charge in [-0.15, -0.1) is 12.4 Å². The van der Waals surface area contributed by atoms with E-state index in [1.54, 1.807) is 12.5 Å². The first-order valence-corrected chi connectivity index (χ1v) is 3.45. The molecule has 68 valence electrons. The highest BCUT2D eigenvalue weighted by Crippen LogP contribution is 1.99. The lowest BCUT2D eigenvalue weighted by Gasteiger charge is -2.00. The van der Waals surface area contributed by atoms with Crippen LogP contribution in [-0.2, 0) is 17.8 Å². The second-order valence-corrected chi connectivity index (χ2v) is 2.24. The number of nitrogens with zero attached hydrogens (tertiary/aromatic N) is 2. The van der Waals surface area contributed by atoms with Crippen LogP contribution in [0.3, 0.4) is 0 Å². The normalized spacial score (nSPS) is 9.08. The lowest BCUT2D eigenvalue weighted by molar-refractivity contribution is -0.136. The van der Waals surface area contributed by atoms with Crippen LogP contribution in [0.5, 0.6) is 0 Å². The van der Waals surface area contributed by atoms with Gasteiger partial charge in [0.15, 0.2) is 0 Å². The van der Waals surface area contributed by atoms with E-state index in [4.69, 9.17) is 5.11 Å². The number of carbonyl (C=O) groups is 1. The molecule has 0 amide bonds. The van der Waals surface area contributed by atoms with Crippen molar-refractivity contribution in [3.05, 3.63) is 18.2 Å². The molecule has 5 heteroatoms. The molecule has 1 aromatic heterocycles. The maximum Gasteiger partial charge on any atom is 0.309 e. The van der Waals surface area contributed by atoms with E-state index in [-0.39, 0.29) is 18.8 Å². The highest BCUT2D eigenvalue weighted by atomic mass is 35.5. The van der Waals surface area contributed by atoms with Gasteiger partial charge in [-0.05, 0) is 6.92 Å². The SMILES string of the molecule is CCn1cncc1CC(=O)O.Cl. The van der Waals surface area contributed by atoms with Gasteiger partial charge in [0, 0.05) is 18.4 Å². The molecule has 0 saturated heterocycles. The topological polar surface area (TPSA) is 55.1 Å². The zero-order valence-electron chi connectivity index (χ0n) is 6.73. The van der Waals surface area contributed by atoms with Crippen molar-refractivity contribution in [1.82, 2.24) is 9.55 Å². The molecule has 4 nitrogen and oxygen atoms in total. The van der Waals surface area contributed by atoms with Crippen LogP contribution in [0.25, 0.3) is 0 Å². The number of carboxylic acid groups (broad SMARTS) is 1. The van der Waals surface area contributed by atoms with E-state index < -0.39 is 5.97 Å². The average molecular weight is 191 g/mol. The fourth-order valence-corrected chi connectivity index (χ4v) is 0.935. The van der Waals surface area contributed by atoms with Crippen molar-refractivity contribution in [3.8, 4) is 0 Å². The van der Waals surface area contributed by atoms with Crippen LogP contribution in [0, 0.1) is 0 Å². The Kier molecular flexibility index (Phi) is 4.36. The molecule has 1 aromatic rings. The number of hydrogen-bond acceptors (Lipinski definition) is 2. The van der Waals surface area contributed by atoms with Gasteiger partial charge in [0.25, 0.3) is 0 Å². The number of aliphatic carboxylic acids is 1. The lowest BCUT2D eigenvalue weighted by atomic mass is 10.3. The molecule has 1 N–H and O–H groups in total. The van der Waals surface area contributed by atoms with Gasteiger partial charge in [0.1, 0.15) is 0 Å². The fraction of sp³-hybridized carbons (Fsp3) is 0.429. The van der Waals surface area contributed by atoms with Crippen molar-refractivity contribution in [2.24, 2.45) is 0 Å². The quantitative estimate of drug-likeness (QED) is 0.772. The van der Waals surface area contributed by atoms with E-state index in [9.17, 15) is 4.79 Å². The lowest BCUT2D eigenvalue weighted by Crippen LogP contribution is -2.06. The smallest absolute Gasteiger partial charge is 0.309 e. The van der Waals surface area contributed by atoms with Crippen LogP contribution >= 0.6 is 12.4 Å². The fourth-order valence-electron chi connectivity index (χ4n) is 0.935. The highest BCUT2D eigenvalue weighted by molar-refractivity contribution is 5.85. The third-order valence-corrected chi connectivity index (χ3v) is 1.47.